The Balaban J connectivity index is 1.26. The van der Waals surface area contributed by atoms with E-state index in [9.17, 15) is 0 Å². The van der Waals surface area contributed by atoms with Gasteiger partial charge in [-0.1, -0.05) is 82.8 Å². The molecule has 0 atom stereocenters. The van der Waals surface area contributed by atoms with Crippen LogP contribution in [0.2, 0.25) is 0 Å². The van der Waals surface area contributed by atoms with E-state index in [-0.39, 0.29) is 0 Å². The van der Waals surface area contributed by atoms with Crippen LogP contribution in [-0.2, 0) is 16.0 Å². The highest BCUT2D eigenvalue weighted by Crippen LogP contribution is 2.31. The minimum Gasteiger partial charge on any atom is -0.370 e. The highest BCUT2D eigenvalue weighted by Gasteiger charge is 2.14. The van der Waals surface area contributed by atoms with E-state index < -0.39 is 6.29 Å². The van der Waals surface area contributed by atoms with Crippen molar-refractivity contribution in [1.29, 1.82) is 0 Å². The number of pyridine rings is 2. The van der Waals surface area contributed by atoms with Gasteiger partial charge in [-0.05, 0) is 82.0 Å². The zero-order valence-corrected chi connectivity index (χ0v) is 27.1. The molecule has 220 valence electrons. The predicted molar refractivity (Wildman–Crippen MR) is 184 cm³/mol. The fourth-order valence-corrected chi connectivity index (χ4v) is 7.74. The molecule has 0 amide bonds. The van der Waals surface area contributed by atoms with Crippen molar-refractivity contribution in [2.24, 2.45) is 0 Å². The lowest BCUT2D eigenvalue weighted by atomic mass is 10.1. The van der Waals surface area contributed by atoms with Crippen molar-refractivity contribution in [2.75, 3.05) is 36.7 Å². The summed E-state index contributed by atoms with van der Waals surface area (Å²) in [6, 6.07) is 29.0. The maximum absolute atomic E-state index is 6.27. The monoisotopic (exact) mass is 635 g/mol. The zero-order valence-electron chi connectivity index (χ0n) is 23.8. The summed E-state index contributed by atoms with van der Waals surface area (Å²) in [6.07, 6.45) is 7.00. The second-order valence-electron chi connectivity index (χ2n) is 9.32. The van der Waals surface area contributed by atoms with Gasteiger partial charge < -0.3 is 14.4 Å². The van der Waals surface area contributed by atoms with Crippen molar-refractivity contribution in [1.82, 2.24) is 9.97 Å². The van der Waals surface area contributed by atoms with Gasteiger partial charge in [0.05, 0.1) is 13.2 Å². The number of rotatable bonds is 19. The average molecular weight is 636 g/mol. The number of hydrogen-bond donors (Lipinski definition) is 0. The number of nitrogens with zero attached hydrogens (tertiary/aromatic N) is 3. The van der Waals surface area contributed by atoms with Crippen molar-refractivity contribution < 1.29 is 9.47 Å². The Morgan fingerprint density at radius 2 is 1.33 bits per heavy atom. The predicted octanol–water partition coefficient (Wildman–Crippen LogP) is 9.45. The molecule has 0 radical (unpaired) electrons. The lowest BCUT2D eigenvalue weighted by Gasteiger charge is -2.22. The second-order valence-corrected chi connectivity index (χ2v) is 14.2. The molecule has 2 aromatic carbocycles. The molecule has 4 aromatic rings. The molecule has 2 aromatic heterocycles. The summed E-state index contributed by atoms with van der Waals surface area (Å²) in [6.45, 7) is 5.93. The maximum atomic E-state index is 6.27. The Labute approximate surface area is 266 Å². The number of hydrogen-bond acceptors (Lipinski definition) is 9. The van der Waals surface area contributed by atoms with Crippen molar-refractivity contribution in [3.8, 4) is 0 Å². The van der Waals surface area contributed by atoms with Crippen LogP contribution < -0.4 is 4.90 Å². The van der Waals surface area contributed by atoms with Crippen molar-refractivity contribution >= 4 is 54.9 Å². The minimum atomic E-state index is -0.391. The molecular weight excluding hydrogens is 599 g/mol. The summed E-state index contributed by atoms with van der Waals surface area (Å²) in [5.41, 5.74) is 4.58. The number of aromatic nitrogens is 2. The van der Waals surface area contributed by atoms with E-state index in [4.69, 9.17) is 9.47 Å². The number of anilines is 1. The van der Waals surface area contributed by atoms with E-state index in [0.717, 1.165) is 57.8 Å². The van der Waals surface area contributed by atoms with Gasteiger partial charge in [-0.25, -0.2) is 9.97 Å². The molecule has 0 bridgehead atoms. The van der Waals surface area contributed by atoms with Crippen LogP contribution in [0.5, 0.6) is 0 Å². The van der Waals surface area contributed by atoms with Gasteiger partial charge in [-0.3, -0.25) is 0 Å². The quantitative estimate of drug-likeness (QED) is 0.0570. The van der Waals surface area contributed by atoms with Crippen LogP contribution in [-0.4, -0.2) is 41.7 Å². The third-order valence-electron chi connectivity index (χ3n) is 6.09. The molecule has 0 aliphatic rings. The fourth-order valence-electron chi connectivity index (χ4n) is 3.86. The van der Waals surface area contributed by atoms with E-state index in [1.165, 1.54) is 5.56 Å². The lowest BCUT2D eigenvalue weighted by molar-refractivity contribution is -0.146. The van der Waals surface area contributed by atoms with E-state index in [1.807, 2.05) is 54.9 Å². The normalized spacial score (nSPS) is 11.1. The molecule has 0 aliphatic heterocycles. The van der Waals surface area contributed by atoms with Crippen molar-refractivity contribution in [3.05, 3.63) is 121 Å². The van der Waals surface area contributed by atoms with Crippen LogP contribution in [0.15, 0.2) is 114 Å². The summed E-state index contributed by atoms with van der Waals surface area (Å²) >= 11 is 0. The van der Waals surface area contributed by atoms with Gasteiger partial charge in [0.25, 0.3) is 0 Å². The summed E-state index contributed by atoms with van der Waals surface area (Å²) in [5.74, 6) is 1.96. The van der Waals surface area contributed by atoms with Gasteiger partial charge in [0, 0.05) is 48.7 Å². The van der Waals surface area contributed by atoms with E-state index in [2.05, 4.69) is 77.0 Å². The minimum absolute atomic E-state index is 0.391. The molecule has 4 rings (SSSR count). The zero-order chi connectivity index (χ0) is 29.2. The number of benzene rings is 2. The van der Waals surface area contributed by atoms with Crippen LogP contribution in [0.25, 0.3) is 6.08 Å². The summed E-state index contributed by atoms with van der Waals surface area (Å²) in [4.78, 5) is 11.0. The van der Waals surface area contributed by atoms with E-state index >= 15 is 0 Å². The molecule has 0 unspecified atom stereocenters. The SMILES string of the molecule is C=Cc1ccc(CN(C)c2ccc(C(OCCCSSc3ccccn3)OCCCSSc3ccccn3)cc2)cc1. The molecule has 9 heteroatoms. The summed E-state index contributed by atoms with van der Waals surface area (Å²) < 4.78 is 12.5. The van der Waals surface area contributed by atoms with Crippen LogP contribution >= 0.6 is 43.2 Å². The van der Waals surface area contributed by atoms with Gasteiger partial charge in [0.15, 0.2) is 6.29 Å². The first-order valence-corrected chi connectivity index (χ1v) is 18.5. The van der Waals surface area contributed by atoms with Crippen LogP contribution in [0.1, 0.15) is 35.8 Å². The van der Waals surface area contributed by atoms with Crippen LogP contribution in [0.4, 0.5) is 5.69 Å². The molecule has 0 aliphatic carbocycles. The molecule has 2 heterocycles. The lowest BCUT2D eigenvalue weighted by Crippen LogP contribution is -2.17. The Morgan fingerprint density at radius 1 is 0.762 bits per heavy atom. The van der Waals surface area contributed by atoms with Gasteiger partial charge in [-0.15, -0.1) is 0 Å². The van der Waals surface area contributed by atoms with Gasteiger partial charge in [0.2, 0.25) is 0 Å². The molecule has 5 nitrogen and oxygen atoms in total. The third-order valence-corrected chi connectivity index (χ3v) is 10.8. The first kappa shape index (κ1) is 32.5. The maximum Gasteiger partial charge on any atom is 0.183 e. The molecule has 42 heavy (non-hydrogen) atoms. The summed E-state index contributed by atoms with van der Waals surface area (Å²) in [7, 11) is 9.12. The van der Waals surface area contributed by atoms with E-state index in [0.29, 0.717) is 13.2 Å². The van der Waals surface area contributed by atoms with Gasteiger partial charge >= 0.3 is 0 Å². The van der Waals surface area contributed by atoms with E-state index in [1.54, 1.807) is 43.2 Å². The highest BCUT2D eigenvalue weighted by atomic mass is 33.1. The average Bonchev–Trinajstić information content (AvgIpc) is 3.04. The van der Waals surface area contributed by atoms with Crippen LogP contribution in [0.3, 0.4) is 0 Å². The van der Waals surface area contributed by atoms with Crippen LogP contribution in [0, 0.1) is 0 Å². The smallest absolute Gasteiger partial charge is 0.183 e. The molecule has 0 saturated heterocycles. The first-order valence-electron chi connectivity index (χ1n) is 13.9. The number of ether oxygens (including phenoxy) is 2. The molecule has 0 N–H and O–H groups in total. The molecule has 0 spiro atoms. The molecule has 0 fully saturated rings. The highest BCUT2D eigenvalue weighted by molar-refractivity contribution is 8.77. The topological polar surface area (TPSA) is 47.5 Å². The summed E-state index contributed by atoms with van der Waals surface area (Å²) in [5, 5.41) is 2.06. The fraction of sp³-hybridized carbons (Fsp3) is 0.273. The Kier molecular flexibility index (Phi) is 14.7. The molecule has 0 saturated carbocycles. The van der Waals surface area contributed by atoms with Gasteiger partial charge in [0.1, 0.15) is 10.1 Å². The van der Waals surface area contributed by atoms with Crippen molar-refractivity contribution in [2.45, 2.75) is 35.7 Å². The Morgan fingerprint density at radius 3 is 1.83 bits per heavy atom. The first-order chi connectivity index (χ1) is 20.7. The standard InChI is InChI=1S/C33H37N3O2S4/c1-3-27-12-14-28(15-13-27)26-36(2)30-18-16-29(17-19-30)33(37-22-8-24-39-41-31-10-4-6-20-34-31)38-23-9-25-40-42-32-11-5-7-21-35-32/h3-7,10-21,33H,1,8-9,22-26H2,2H3. The Bertz CT molecular complexity index is 1250. The molecular formula is C33H37N3O2S4. The third kappa shape index (κ3) is 11.7. The van der Waals surface area contributed by atoms with Gasteiger partial charge in [-0.2, -0.15) is 0 Å². The second kappa shape index (κ2) is 19.0. The van der Waals surface area contributed by atoms with Crippen molar-refractivity contribution in [3.63, 3.8) is 0 Å². The largest absolute Gasteiger partial charge is 0.370 e. The Hall–Kier alpha value is -2.40.